The van der Waals surface area contributed by atoms with Gasteiger partial charge in [-0.1, -0.05) is 13.8 Å². The highest BCUT2D eigenvalue weighted by atomic mass is 79.9. The van der Waals surface area contributed by atoms with Crippen LogP contribution in [0.25, 0.3) is 0 Å². The van der Waals surface area contributed by atoms with Crippen LogP contribution in [-0.4, -0.2) is 24.6 Å². The Morgan fingerprint density at radius 3 is 2.75 bits per heavy atom. The highest BCUT2D eigenvalue weighted by Gasteiger charge is 2.14. The number of hydrogen-bond acceptors (Lipinski definition) is 3. The van der Waals surface area contributed by atoms with Crippen molar-refractivity contribution >= 4 is 21.7 Å². The van der Waals surface area contributed by atoms with Crippen LogP contribution in [0.15, 0.2) is 16.7 Å². The third-order valence-electron chi connectivity index (χ3n) is 2.07. The summed E-state index contributed by atoms with van der Waals surface area (Å²) in [6, 6.07) is 1.42. The van der Waals surface area contributed by atoms with E-state index in [2.05, 4.69) is 34.8 Å². The summed E-state index contributed by atoms with van der Waals surface area (Å²) in [5.41, 5.74) is 5.52. The molecule has 0 aliphatic heterocycles. The van der Waals surface area contributed by atoms with Crippen LogP contribution in [0, 0.1) is 11.7 Å². The van der Waals surface area contributed by atoms with Gasteiger partial charge in [0.15, 0.2) is 11.6 Å². The van der Waals surface area contributed by atoms with Crippen molar-refractivity contribution in [1.82, 2.24) is 4.98 Å². The van der Waals surface area contributed by atoms with E-state index < -0.39 is 0 Å². The molecule has 1 aromatic rings. The maximum absolute atomic E-state index is 13.7. The molecule has 0 amide bonds. The summed E-state index contributed by atoms with van der Waals surface area (Å²) >= 11 is 3.19. The van der Waals surface area contributed by atoms with E-state index in [0.29, 0.717) is 29.3 Å². The van der Waals surface area contributed by atoms with Gasteiger partial charge >= 0.3 is 0 Å². The van der Waals surface area contributed by atoms with Crippen LogP contribution >= 0.6 is 15.9 Å². The van der Waals surface area contributed by atoms with Crippen molar-refractivity contribution in [1.29, 1.82) is 0 Å². The second-order valence-electron chi connectivity index (χ2n) is 4.09. The van der Waals surface area contributed by atoms with Crippen molar-refractivity contribution in [3.05, 3.63) is 22.6 Å². The van der Waals surface area contributed by atoms with Gasteiger partial charge < -0.3 is 10.6 Å². The van der Waals surface area contributed by atoms with Crippen LogP contribution in [-0.2, 0) is 0 Å². The average Bonchev–Trinajstić information content (AvgIpc) is 2.16. The molecule has 0 saturated heterocycles. The van der Waals surface area contributed by atoms with Crippen molar-refractivity contribution in [2.75, 3.05) is 24.5 Å². The van der Waals surface area contributed by atoms with Crippen LogP contribution in [0.5, 0.6) is 0 Å². The normalized spacial score (nSPS) is 10.9. The van der Waals surface area contributed by atoms with Gasteiger partial charge in [-0.2, -0.15) is 0 Å². The van der Waals surface area contributed by atoms with Crippen LogP contribution in [0.3, 0.4) is 0 Å². The molecule has 5 heteroatoms. The van der Waals surface area contributed by atoms with Gasteiger partial charge in [0.1, 0.15) is 0 Å². The maximum atomic E-state index is 13.7. The van der Waals surface area contributed by atoms with Crippen molar-refractivity contribution in [2.24, 2.45) is 11.7 Å². The Balaban J connectivity index is 2.91. The fourth-order valence-electron chi connectivity index (χ4n) is 1.52. The lowest BCUT2D eigenvalue weighted by Crippen LogP contribution is -2.34. The molecule has 3 nitrogen and oxygen atoms in total. The predicted octanol–water partition coefficient (Wildman–Crippen LogP) is 2.40. The van der Waals surface area contributed by atoms with E-state index in [-0.39, 0.29) is 5.82 Å². The molecular formula is C11H17BrFN3. The number of halogens is 2. The molecule has 0 fully saturated rings. The number of aromatic nitrogens is 1. The van der Waals surface area contributed by atoms with E-state index in [1.54, 1.807) is 6.20 Å². The van der Waals surface area contributed by atoms with E-state index in [9.17, 15) is 4.39 Å². The van der Waals surface area contributed by atoms with E-state index in [1.807, 2.05) is 4.90 Å². The van der Waals surface area contributed by atoms with Gasteiger partial charge in [-0.15, -0.1) is 0 Å². The number of pyridine rings is 1. The summed E-state index contributed by atoms with van der Waals surface area (Å²) in [7, 11) is 0. The molecule has 1 heterocycles. The van der Waals surface area contributed by atoms with Crippen LogP contribution in [0.2, 0.25) is 0 Å². The molecule has 0 spiro atoms. The Kier molecular flexibility index (Phi) is 5.15. The minimum absolute atomic E-state index is 0.316. The number of rotatable bonds is 5. The molecule has 0 radical (unpaired) electrons. The first-order chi connectivity index (χ1) is 7.54. The van der Waals surface area contributed by atoms with Crippen LogP contribution in [0.4, 0.5) is 10.2 Å². The smallest absolute Gasteiger partial charge is 0.166 e. The monoisotopic (exact) mass is 289 g/mol. The van der Waals surface area contributed by atoms with Crippen molar-refractivity contribution in [3.63, 3.8) is 0 Å². The quantitative estimate of drug-likeness (QED) is 0.905. The van der Waals surface area contributed by atoms with Gasteiger partial charge in [0.05, 0.1) is 0 Å². The third kappa shape index (κ3) is 3.72. The SMILES string of the molecule is CC(C)CN(CCN)c1ncc(Br)cc1F. The number of anilines is 1. The highest BCUT2D eigenvalue weighted by molar-refractivity contribution is 9.10. The molecular weight excluding hydrogens is 273 g/mol. The van der Waals surface area contributed by atoms with Crippen molar-refractivity contribution in [2.45, 2.75) is 13.8 Å². The molecule has 0 bridgehead atoms. The molecule has 90 valence electrons. The van der Waals surface area contributed by atoms with E-state index in [4.69, 9.17) is 5.73 Å². The molecule has 0 atom stereocenters. The number of nitrogens with zero attached hydrogens (tertiary/aromatic N) is 2. The second kappa shape index (κ2) is 6.15. The molecule has 1 aromatic heterocycles. The zero-order valence-electron chi connectivity index (χ0n) is 9.58. The highest BCUT2D eigenvalue weighted by Crippen LogP contribution is 2.20. The van der Waals surface area contributed by atoms with Gasteiger partial charge in [-0.25, -0.2) is 9.37 Å². The van der Waals surface area contributed by atoms with Gasteiger partial charge in [0, 0.05) is 30.3 Å². The lowest BCUT2D eigenvalue weighted by atomic mass is 10.2. The van der Waals surface area contributed by atoms with E-state index in [1.165, 1.54) is 6.07 Å². The van der Waals surface area contributed by atoms with Crippen molar-refractivity contribution < 1.29 is 4.39 Å². The maximum Gasteiger partial charge on any atom is 0.166 e. The first-order valence-corrected chi connectivity index (χ1v) is 6.10. The molecule has 0 aromatic carbocycles. The zero-order valence-corrected chi connectivity index (χ0v) is 11.2. The molecule has 16 heavy (non-hydrogen) atoms. The molecule has 0 saturated carbocycles. The zero-order chi connectivity index (χ0) is 12.1. The lowest BCUT2D eigenvalue weighted by Gasteiger charge is -2.25. The minimum atomic E-state index is -0.316. The predicted molar refractivity (Wildman–Crippen MR) is 68.0 cm³/mol. The molecule has 1 rings (SSSR count). The summed E-state index contributed by atoms with van der Waals surface area (Å²) in [6.45, 7) is 6.02. The number of nitrogens with two attached hydrogens (primary N) is 1. The molecule has 0 unspecified atom stereocenters. The largest absolute Gasteiger partial charge is 0.353 e. The Bertz CT molecular complexity index is 344. The molecule has 0 aliphatic rings. The summed E-state index contributed by atoms with van der Waals surface area (Å²) in [5.74, 6) is 0.502. The Morgan fingerprint density at radius 1 is 1.56 bits per heavy atom. The first kappa shape index (κ1) is 13.4. The summed E-state index contributed by atoms with van der Waals surface area (Å²) in [6.07, 6.45) is 1.60. The van der Waals surface area contributed by atoms with Gasteiger partial charge in [0.25, 0.3) is 0 Å². The van der Waals surface area contributed by atoms with E-state index >= 15 is 0 Å². The standard InChI is InChI=1S/C11H17BrFN3/c1-8(2)7-16(4-3-14)11-10(13)5-9(12)6-15-11/h5-6,8H,3-4,7,14H2,1-2H3. The summed E-state index contributed by atoms with van der Waals surface area (Å²) in [5, 5.41) is 0. The minimum Gasteiger partial charge on any atom is -0.353 e. The summed E-state index contributed by atoms with van der Waals surface area (Å²) in [4.78, 5) is 5.98. The summed E-state index contributed by atoms with van der Waals surface area (Å²) < 4.78 is 14.3. The topological polar surface area (TPSA) is 42.1 Å². The van der Waals surface area contributed by atoms with Gasteiger partial charge in [-0.05, 0) is 27.9 Å². The lowest BCUT2D eigenvalue weighted by molar-refractivity contribution is 0.573. The third-order valence-corrected chi connectivity index (χ3v) is 2.51. The van der Waals surface area contributed by atoms with Crippen LogP contribution in [0.1, 0.15) is 13.8 Å². The average molecular weight is 290 g/mol. The van der Waals surface area contributed by atoms with Gasteiger partial charge in [0.2, 0.25) is 0 Å². The fraction of sp³-hybridized carbons (Fsp3) is 0.545. The Morgan fingerprint density at radius 2 is 2.25 bits per heavy atom. The number of hydrogen-bond donors (Lipinski definition) is 1. The Hall–Kier alpha value is -0.680. The first-order valence-electron chi connectivity index (χ1n) is 5.30. The molecule has 2 N–H and O–H groups in total. The fourth-order valence-corrected chi connectivity index (χ4v) is 1.82. The second-order valence-corrected chi connectivity index (χ2v) is 5.00. The molecule has 0 aliphatic carbocycles. The van der Waals surface area contributed by atoms with Crippen LogP contribution < -0.4 is 10.6 Å². The van der Waals surface area contributed by atoms with E-state index in [0.717, 1.165) is 6.54 Å². The van der Waals surface area contributed by atoms with Crippen molar-refractivity contribution in [3.8, 4) is 0 Å². The Labute approximate surface area is 104 Å². The van der Waals surface area contributed by atoms with Gasteiger partial charge in [-0.3, -0.25) is 0 Å².